The van der Waals surface area contributed by atoms with Crippen LogP contribution >= 0.6 is 0 Å². The van der Waals surface area contributed by atoms with E-state index in [2.05, 4.69) is 27.2 Å². The Morgan fingerprint density at radius 1 is 1.25 bits per heavy atom. The van der Waals surface area contributed by atoms with E-state index in [4.69, 9.17) is 5.73 Å². The van der Waals surface area contributed by atoms with E-state index in [9.17, 15) is 4.79 Å². The molecule has 1 saturated heterocycles. The second kappa shape index (κ2) is 7.53. The molecule has 0 bridgehead atoms. The highest BCUT2D eigenvalue weighted by atomic mass is 16.2. The smallest absolute Gasteiger partial charge is 0.241 e. The predicted molar refractivity (Wildman–Crippen MR) is 99.3 cm³/mol. The SMILES string of the molecule is CC(C)[C@H](N)C(=O)Nc1cccc(N2CCN(CC3CC3)CC2)c1. The number of amides is 1. The maximum Gasteiger partial charge on any atom is 0.241 e. The lowest BCUT2D eigenvalue weighted by atomic mass is 10.0. The van der Waals surface area contributed by atoms with Gasteiger partial charge in [0.05, 0.1) is 6.04 Å². The largest absolute Gasteiger partial charge is 0.369 e. The van der Waals surface area contributed by atoms with Crippen LogP contribution in [0.3, 0.4) is 0 Å². The fraction of sp³-hybridized carbons (Fsp3) is 0.632. The Hall–Kier alpha value is -1.59. The van der Waals surface area contributed by atoms with Crippen molar-refractivity contribution in [2.24, 2.45) is 17.6 Å². The number of rotatable bonds is 6. The number of carbonyl (C=O) groups excluding carboxylic acids is 1. The number of hydrogen-bond donors (Lipinski definition) is 2. The van der Waals surface area contributed by atoms with Crippen molar-refractivity contribution in [3.63, 3.8) is 0 Å². The number of nitrogens with two attached hydrogens (primary N) is 1. The van der Waals surface area contributed by atoms with Gasteiger partial charge in [0.1, 0.15) is 0 Å². The average molecular weight is 330 g/mol. The van der Waals surface area contributed by atoms with Crippen molar-refractivity contribution in [2.75, 3.05) is 42.9 Å². The van der Waals surface area contributed by atoms with Gasteiger partial charge < -0.3 is 16.0 Å². The van der Waals surface area contributed by atoms with Gasteiger partial charge in [0, 0.05) is 44.1 Å². The monoisotopic (exact) mass is 330 g/mol. The molecule has 0 aromatic heterocycles. The quantitative estimate of drug-likeness (QED) is 0.839. The second-order valence-electron chi connectivity index (χ2n) is 7.54. The molecular formula is C19H30N4O. The molecule has 1 amide bonds. The van der Waals surface area contributed by atoms with E-state index >= 15 is 0 Å². The first kappa shape index (κ1) is 17.2. The Balaban J connectivity index is 1.56. The molecular weight excluding hydrogens is 300 g/mol. The van der Waals surface area contributed by atoms with Crippen LogP contribution in [0.2, 0.25) is 0 Å². The summed E-state index contributed by atoms with van der Waals surface area (Å²) in [5.74, 6) is 0.976. The van der Waals surface area contributed by atoms with Crippen LogP contribution in [0, 0.1) is 11.8 Å². The van der Waals surface area contributed by atoms with Crippen LogP contribution < -0.4 is 16.0 Å². The summed E-state index contributed by atoms with van der Waals surface area (Å²) in [5.41, 5.74) is 7.93. The lowest BCUT2D eigenvalue weighted by molar-refractivity contribution is -0.118. The van der Waals surface area contributed by atoms with E-state index in [1.807, 2.05) is 26.0 Å². The van der Waals surface area contributed by atoms with Gasteiger partial charge >= 0.3 is 0 Å². The maximum absolute atomic E-state index is 12.1. The van der Waals surface area contributed by atoms with Gasteiger partial charge in [0.15, 0.2) is 0 Å². The molecule has 5 nitrogen and oxygen atoms in total. The third-order valence-corrected chi connectivity index (χ3v) is 5.09. The van der Waals surface area contributed by atoms with Gasteiger partial charge in [0.25, 0.3) is 0 Å². The summed E-state index contributed by atoms with van der Waals surface area (Å²) in [6.45, 7) is 9.56. The zero-order chi connectivity index (χ0) is 17.1. The second-order valence-corrected chi connectivity index (χ2v) is 7.54. The lowest BCUT2D eigenvalue weighted by Gasteiger charge is -2.36. The highest BCUT2D eigenvalue weighted by molar-refractivity contribution is 5.95. The Morgan fingerprint density at radius 2 is 1.96 bits per heavy atom. The minimum absolute atomic E-state index is 0.114. The number of hydrogen-bond acceptors (Lipinski definition) is 4. The zero-order valence-corrected chi connectivity index (χ0v) is 14.9. The lowest BCUT2D eigenvalue weighted by Crippen LogP contribution is -2.47. The molecule has 24 heavy (non-hydrogen) atoms. The standard InChI is InChI=1S/C19H30N4O/c1-14(2)18(20)19(24)21-16-4-3-5-17(12-16)23-10-8-22(9-11-23)13-15-6-7-15/h3-5,12,14-15,18H,6-11,13,20H2,1-2H3,(H,21,24)/t18-/m0/s1. The van der Waals surface area contributed by atoms with Gasteiger partial charge in [-0.15, -0.1) is 0 Å². The molecule has 0 radical (unpaired) electrons. The highest BCUT2D eigenvalue weighted by Gasteiger charge is 2.26. The van der Waals surface area contributed by atoms with Gasteiger partial charge in [-0.3, -0.25) is 9.69 Å². The molecule has 2 fully saturated rings. The van der Waals surface area contributed by atoms with Crippen LogP contribution in [-0.4, -0.2) is 49.6 Å². The molecule has 132 valence electrons. The average Bonchev–Trinajstić information content (AvgIpc) is 3.39. The van der Waals surface area contributed by atoms with Crippen molar-refractivity contribution in [2.45, 2.75) is 32.7 Å². The summed E-state index contributed by atoms with van der Waals surface area (Å²) in [6, 6.07) is 7.63. The van der Waals surface area contributed by atoms with Crippen molar-refractivity contribution in [1.29, 1.82) is 0 Å². The number of benzene rings is 1. The summed E-state index contributed by atoms with van der Waals surface area (Å²) < 4.78 is 0. The number of nitrogens with zero attached hydrogens (tertiary/aromatic N) is 2. The van der Waals surface area contributed by atoms with Crippen LogP contribution in [0.5, 0.6) is 0 Å². The molecule has 1 aromatic rings. The van der Waals surface area contributed by atoms with Gasteiger partial charge in [-0.25, -0.2) is 0 Å². The summed E-state index contributed by atoms with van der Waals surface area (Å²) in [5, 5.41) is 2.94. The predicted octanol–water partition coefficient (Wildman–Crippen LogP) is 2.14. The summed E-state index contributed by atoms with van der Waals surface area (Å²) in [4.78, 5) is 17.1. The molecule has 1 aliphatic carbocycles. The minimum atomic E-state index is -0.473. The molecule has 1 aromatic carbocycles. The van der Waals surface area contributed by atoms with Gasteiger partial charge in [-0.05, 0) is 42.9 Å². The van der Waals surface area contributed by atoms with Crippen LogP contribution in [0.25, 0.3) is 0 Å². The van der Waals surface area contributed by atoms with E-state index in [0.29, 0.717) is 0 Å². The van der Waals surface area contributed by atoms with E-state index in [1.165, 1.54) is 25.1 Å². The highest BCUT2D eigenvalue weighted by Crippen LogP contribution is 2.30. The summed E-state index contributed by atoms with van der Waals surface area (Å²) in [6.07, 6.45) is 2.83. The third kappa shape index (κ3) is 4.48. The van der Waals surface area contributed by atoms with Gasteiger partial charge in [0.2, 0.25) is 5.91 Å². The van der Waals surface area contributed by atoms with E-state index in [-0.39, 0.29) is 11.8 Å². The molecule has 1 saturated carbocycles. The van der Waals surface area contributed by atoms with E-state index in [0.717, 1.165) is 37.8 Å². The third-order valence-electron chi connectivity index (χ3n) is 5.09. The zero-order valence-electron chi connectivity index (χ0n) is 14.9. The van der Waals surface area contributed by atoms with Crippen molar-refractivity contribution in [3.8, 4) is 0 Å². The van der Waals surface area contributed by atoms with Crippen LogP contribution in [-0.2, 0) is 4.79 Å². The normalized spacial score (nSPS) is 20.2. The van der Waals surface area contributed by atoms with E-state index < -0.39 is 6.04 Å². The topological polar surface area (TPSA) is 61.6 Å². The molecule has 3 rings (SSSR count). The molecule has 0 unspecified atom stereocenters. The number of nitrogens with one attached hydrogen (secondary N) is 1. The molecule has 1 aliphatic heterocycles. The van der Waals surface area contributed by atoms with Crippen molar-refractivity contribution >= 4 is 17.3 Å². The maximum atomic E-state index is 12.1. The van der Waals surface area contributed by atoms with Crippen molar-refractivity contribution < 1.29 is 4.79 Å². The molecule has 1 atom stereocenters. The summed E-state index contributed by atoms with van der Waals surface area (Å²) >= 11 is 0. The number of piperazine rings is 1. The minimum Gasteiger partial charge on any atom is -0.369 e. The van der Waals surface area contributed by atoms with Crippen LogP contribution in [0.15, 0.2) is 24.3 Å². The van der Waals surface area contributed by atoms with Crippen molar-refractivity contribution in [3.05, 3.63) is 24.3 Å². The number of anilines is 2. The van der Waals surface area contributed by atoms with E-state index in [1.54, 1.807) is 0 Å². The molecule has 5 heteroatoms. The molecule has 3 N–H and O–H groups in total. The first-order chi connectivity index (χ1) is 11.5. The van der Waals surface area contributed by atoms with Gasteiger partial charge in [-0.1, -0.05) is 19.9 Å². The Bertz CT molecular complexity index is 562. The van der Waals surface area contributed by atoms with Gasteiger partial charge in [-0.2, -0.15) is 0 Å². The Labute approximate surface area is 145 Å². The van der Waals surface area contributed by atoms with Crippen LogP contribution in [0.4, 0.5) is 11.4 Å². The Morgan fingerprint density at radius 3 is 2.58 bits per heavy atom. The first-order valence-corrected chi connectivity index (χ1v) is 9.17. The molecule has 0 spiro atoms. The molecule has 2 aliphatic rings. The first-order valence-electron chi connectivity index (χ1n) is 9.17. The van der Waals surface area contributed by atoms with Crippen LogP contribution in [0.1, 0.15) is 26.7 Å². The summed E-state index contributed by atoms with van der Waals surface area (Å²) in [7, 11) is 0. The fourth-order valence-electron chi connectivity index (χ4n) is 3.16. The number of carbonyl (C=O) groups is 1. The molecule has 1 heterocycles. The van der Waals surface area contributed by atoms with Crippen molar-refractivity contribution in [1.82, 2.24) is 4.90 Å². The Kier molecular flexibility index (Phi) is 5.41. The fourth-order valence-corrected chi connectivity index (χ4v) is 3.16.